The smallest absolute Gasteiger partial charge is 0.255 e. The van der Waals surface area contributed by atoms with Crippen molar-refractivity contribution in [1.82, 2.24) is 25.3 Å². The molecule has 2 aromatic rings. The summed E-state index contributed by atoms with van der Waals surface area (Å²) in [5.41, 5.74) is 0.670. The molecule has 1 aliphatic carbocycles. The second-order valence-electron chi connectivity index (χ2n) is 7.37. The predicted octanol–water partition coefficient (Wildman–Crippen LogP) is 2.30. The number of carbonyl (C=O) groups excluding carboxylic acids is 1. The van der Waals surface area contributed by atoms with E-state index in [0.29, 0.717) is 29.4 Å². The largest absolute Gasteiger partial charge is 0.339 e. The molecule has 1 N–H and O–H groups in total. The number of rotatable bonds is 4. The molecule has 0 aromatic carbocycles. The average Bonchev–Trinajstić information content (AvgIpc) is 3.32. The van der Waals surface area contributed by atoms with Gasteiger partial charge >= 0.3 is 0 Å². The van der Waals surface area contributed by atoms with Gasteiger partial charge in [0.2, 0.25) is 5.89 Å². The molecule has 1 unspecified atom stereocenters. The van der Waals surface area contributed by atoms with Crippen LogP contribution in [0, 0.1) is 6.92 Å². The van der Waals surface area contributed by atoms with Gasteiger partial charge in [-0.1, -0.05) is 5.16 Å². The summed E-state index contributed by atoms with van der Waals surface area (Å²) in [7, 11) is 0. The number of nitrogens with zero attached hydrogens (tertiary/aromatic N) is 4. The second kappa shape index (κ2) is 7.53. The molecule has 1 saturated carbocycles. The van der Waals surface area contributed by atoms with Gasteiger partial charge in [-0.15, -0.1) is 0 Å². The van der Waals surface area contributed by atoms with E-state index in [2.05, 4.69) is 20.4 Å². The number of aryl methyl sites for hydroxylation is 1. The van der Waals surface area contributed by atoms with Crippen LogP contribution in [0.15, 0.2) is 29.0 Å². The highest BCUT2D eigenvalue weighted by atomic mass is 16.5. The normalized spacial score (nSPS) is 26.2. The van der Waals surface area contributed by atoms with Gasteiger partial charge in [0.05, 0.1) is 5.56 Å². The Morgan fingerprint density at radius 2 is 2.08 bits per heavy atom. The molecule has 1 amide bonds. The van der Waals surface area contributed by atoms with Gasteiger partial charge in [0.15, 0.2) is 5.82 Å². The maximum absolute atomic E-state index is 12.5. The fourth-order valence-electron chi connectivity index (χ4n) is 4.07. The average molecular weight is 355 g/mol. The lowest BCUT2D eigenvalue weighted by molar-refractivity contribution is 0.0787. The summed E-state index contributed by atoms with van der Waals surface area (Å²) >= 11 is 0. The molecule has 2 aliphatic rings. The Morgan fingerprint density at radius 1 is 1.23 bits per heavy atom. The van der Waals surface area contributed by atoms with Crippen molar-refractivity contribution in [1.29, 1.82) is 0 Å². The molecule has 138 valence electrons. The van der Waals surface area contributed by atoms with Crippen LogP contribution in [-0.2, 0) is 0 Å². The van der Waals surface area contributed by atoms with Crippen molar-refractivity contribution in [2.24, 2.45) is 0 Å². The monoisotopic (exact) mass is 355 g/mol. The SMILES string of the molecule is Cc1noc(C2CCC(NC3CCN(C(=O)c4cccnc4)C3)CC2)n1. The van der Waals surface area contributed by atoms with Crippen LogP contribution in [0.1, 0.15) is 60.1 Å². The molecule has 0 bridgehead atoms. The number of pyridine rings is 1. The van der Waals surface area contributed by atoms with Crippen LogP contribution in [0.4, 0.5) is 0 Å². The molecule has 26 heavy (non-hydrogen) atoms. The number of nitrogens with one attached hydrogen (secondary N) is 1. The quantitative estimate of drug-likeness (QED) is 0.906. The van der Waals surface area contributed by atoms with Crippen molar-refractivity contribution in [3.8, 4) is 0 Å². The van der Waals surface area contributed by atoms with Crippen LogP contribution in [0.3, 0.4) is 0 Å². The molecule has 1 atom stereocenters. The number of hydrogen-bond donors (Lipinski definition) is 1. The van der Waals surface area contributed by atoms with E-state index < -0.39 is 0 Å². The lowest BCUT2D eigenvalue weighted by atomic mass is 9.85. The highest BCUT2D eigenvalue weighted by Crippen LogP contribution is 2.32. The van der Waals surface area contributed by atoms with E-state index in [1.54, 1.807) is 12.4 Å². The first-order valence-electron chi connectivity index (χ1n) is 9.44. The molecule has 3 heterocycles. The molecule has 2 fully saturated rings. The van der Waals surface area contributed by atoms with Crippen molar-refractivity contribution in [3.05, 3.63) is 41.8 Å². The Bertz CT molecular complexity index is 739. The minimum atomic E-state index is 0.0814. The fraction of sp³-hybridized carbons (Fsp3) is 0.579. The second-order valence-corrected chi connectivity index (χ2v) is 7.37. The molecule has 2 aromatic heterocycles. The van der Waals surface area contributed by atoms with Gasteiger partial charge in [0, 0.05) is 43.5 Å². The molecule has 0 radical (unpaired) electrons. The van der Waals surface area contributed by atoms with Crippen LogP contribution in [0.5, 0.6) is 0 Å². The minimum absolute atomic E-state index is 0.0814. The van der Waals surface area contributed by atoms with Gasteiger partial charge in [-0.05, 0) is 51.2 Å². The van der Waals surface area contributed by atoms with E-state index >= 15 is 0 Å². The summed E-state index contributed by atoms with van der Waals surface area (Å²) in [6.07, 6.45) is 8.71. The molecular weight excluding hydrogens is 330 g/mol. The van der Waals surface area contributed by atoms with E-state index in [1.807, 2.05) is 24.0 Å². The Labute approximate surface area is 153 Å². The highest BCUT2D eigenvalue weighted by Gasteiger charge is 2.31. The van der Waals surface area contributed by atoms with Gasteiger partial charge in [-0.3, -0.25) is 9.78 Å². The van der Waals surface area contributed by atoms with Crippen molar-refractivity contribution in [2.45, 2.75) is 57.0 Å². The molecule has 7 heteroatoms. The van der Waals surface area contributed by atoms with Crippen LogP contribution >= 0.6 is 0 Å². The van der Waals surface area contributed by atoms with Crippen LogP contribution in [0.2, 0.25) is 0 Å². The number of aromatic nitrogens is 3. The zero-order valence-corrected chi connectivity index (χ0v) is 15.1. The molecule has 4 rings (SSSR count). The van der Waals surface area contributed by atoms with E-state index in [0.717, 1.165) is 51.1 Å². The molecule has 0 spiro atoms. The summed E-state index contributed by atoms with van der Waals surface area (Å²) in [5, 5.41) is 7.66. The number of carbonyl (C=O) groups is 1. The lowest BCUT2D eigenvalue weighted by Gasteiger charge is -2.29. The van der Waals surface area contributed by atoms with Gasteiger partial charge in [0.1, 0.15) is 0 Å². The zero-order chi connectivity index (χ0) is 17.9. The summed E-state index contributed by atoms with van der Waals surface area (Å²) in [4.78, 5) is 22.9. The Hall–Kier alpha value is -2.28. The van der Waals surface area contributed by atoms with Crippen molar-refractivity contribution in [3.63, 3.8) is 0 Å². The van der Waals surface area contributed by atoms with Gasteiger partial charge in [-0.25, -0.2) is 0 Å². The lowest BCUT2D eigenvalue weighted by Crippen LogP contribution is -2.42. The third kappa shape index (κ3) is 3.77. The first kappa shape index (κ1) is 17.1. The van der Waals surface area contributed by atoms with Crippen molar-refractivity contribution in [2.75, 3.05) is 13.1 Å². The third-order valence-corrected chi connectivity index (χ3v) is 5.48. The summed E-state index contributed by atoms with van der Waals surface area (Å²) in [6, 6.07) is 4.52. The Morgan fingerprint density at radius 3 is 2.77 bits per heavy atom. The van der Waals surface area contributed by atoms with Crippen LogP contribution in [-0.4, -0.2) is 51.1 Å². The maximum atomic E-state index is 12.5. The van der Waals surface area contributed by atoms with Crippen molar-refractivity contribution < 1.29 is 9.32 Å². The van der Waals surface area contributed by atoms with Crippen molar-refractivity contribution >= 4 is 5.91 Å². The first-order chi connectivity index (χ1) is 12.7. The predicted molar refractivity (Wildman–Crippen MR) is 95.7 cm³/mol. The standard InChI is InChI=1S/C19H25N5O2/c1-13-21-18(26-23-13)14-4-6-16(7-5-14)22-17-8-10-24(12-17)19(25)15-3-2-9-20-11-15/h2-3,9,11,14,16-17,22H,4-8,10,12H2,1H3. The van der Waals surface area contributed by atoms with E-state index in [9.17, 15) is 4.79 Å². The van der Waals surface area contributed by atoms with Crippen LogP contribution in [0.25, 0.3) is 0 Å². The molecule has 1 saturated heterocycles. The molecular formula is C19H25N5O2. The zero-order valence-electron chi connectivity index (χ0n) is 15.1. The highest BCUT2D eigenvalue weighted by molar-refractivity contribution is 5.94. The number of amides is 1. The Kier molecular flexibility index (Phi) is 4.97. The van der Waals surface area contributed by atoms with Crippen LogP contribution < -0.4 is 5.32 Å². The maximum Gasteiger partial charge on any atom is 0.255 e. The number of likely N-dealkylation sites (tertiary alicyclic amines) is 1. The summed E-state index contributed by atoms with van der Waals surface area (Å²) in [6.45, 7) is 3.44. The first-order valence-corrected chi connectivity index (χ1v) is 9.44. The van der Waals surface area contributed by atoms with E-state index in [4.69, 9.17) is 4.52 Å². The summed E-state index contributed by atoms with van der Waals surface area (Å²) in [5.74, 6) is 1.97. The summed E-state index contributed by atoms with van der Waals surface area (Å²) < 4.78 is 5.32. The molecule has 1 aliphatic heterocycles. The van der Waals surface area contributed by atoms with E-state index in [-0.39, 0.29) is 5.91 Å². The third-order valence-electron chi connectivity index (χ3n) is 5.48. The number of hydrogen-bond acceptors (Lipinski definition) is 6. The molecule has 7 nitrogen and oxygen atoms in total. The van der Waals surface area contributed by atoms with Gasteiger partial charge in [0.25, 0.3) is 5.91 Å². The minimum Gasteiger partial charge on any atom is -0.339 e. The fourth-order valence-corrected chi connectivity index (χ4v) is 4.07. The Balaban J connectivity index is 1.25. The van der Waals surface area contributed by atoms with Gasteiger partial charge in [-0.2, -0.15) is 4.98 Å². The van der Waals surface area contributed by atoms with E-state index in [1.165, 1.54) is 0 Å². The van der Waals surface area contributed by atoms with Gasteiger partial charge < -0.3 is 14.7 Å². The topological polar surface area (TPSA) is 84.2 Å².